The maximum Gasteiger partial charge on any atom is 0.408 e. The van der Waals surface area contributed by atoms with E-state index in [0.717, 1.165) is 11.1 Å². The van der Waals surface area contributed by atoms with Gasteiger partial charge in [-0.25, -0.2) is 9.18 Å². The molecule has 1 fully saturated rings. The van der Waals surface area contributed by atoms with Crippen LogP contribution in [-0.4, -0.2) is 53.4 Å². The lowest BCUT2D eigenvalue weighted by Gasteiger charge is -2.32. The van der Waals surface area contributed by atoms with E-state index < -0.39 is 52.7 Å². The molecule has 3 aromatic carbocycles. The van der Waals surface area contributed by atoms with E-state index in [9.17, 15) is 28.8 Å². The van der Waals surface area contributed by atoms with Gasteiger partial charge in [-0.15, -0.1) is 0 Å². The van der Waals surface area contributed by atoms with Crippen LogP contribution >= 0.6 is 0 Å². The molecule has 0 unspecified atom stereocenters. The van der Waals surface area contributed by atoms with Crippen molar-refractivity contribution in [3.63, 3.8) is 0 Å². The Balaban J connectivity index is 1.37. The molecule has 10 nitrogen and oxygen atoms in total. The van der Waals surface area contributed by atoms with Crippen molar-refractivity contribution < 1.29 is 28.3 Å². The molecule has 1 spiro atoms. The number of nitrogens with one attached hydrogen (secondary N) is 3. The summed E-state index contributed by atoms with van der Waals surface area (Å²) in [5, 5.41) is 18.4. The van der Waals surface area contributed by atoms with Crippen LogP contribution in [0.5, 0.6) is 0 Å². The summed E-state index contributed by atoms with van der Waals surface area (Å²) in [6, 6.07) is 20.8. The zero-order valence-electron chi connectivity index (χ0n) is 26.6. The molecule has 244 valence electrons. The number of amides is 4. The van der Waals surface area contributed by atoms with Gasteiger partial charge >= 0.3 is 6.09 Å². The molecule has 0 saturated carbocycles. The Labute approximate surface area is 273 Å². The fraction of sp³-hybridized carbons (Fsp3) is 0.361. The number of hydrogen-bond donors (Lipinski definition) is 3. The standard InChI is InChI=1S/C36H38FN5O5/c1-35(2,3)19-30(32(44)42-22-36(18-26(42)20-38)27-11-7-8-12-28(27)40-33(36)45)39-31(43)29(17-23-13-15-25(37)16-14-23)41-34(46)47-21-24-9-5-4-6-10-24/h4-16,26,29-30H,17-19,21-22H2,1-3H3,(H,39,43)(H,40,45)(H,41,46)/t26-,29-,30-,36-/m0/s1. The normalized spacial score (nSPS) is 19.7. The topological polar surface area (TPSA) is 141 Å². The number of halogens is 1. The summed E-state index contributed by atoms with van der Waals surface area (Å²) < 4.78 is 19.0. The molecule has 5 rings (SSSR count). The van der Waals surface area contributed by atoms with Crippen molar-refractivity contribution in [2.24, 2.45) is 5.41 Å². The summed E-state index contributed by atoms with van der Waals surface area (Å²) in [5.74, 6) is -1.88. The SMILES string of the molecule is CC(C)(C)C[C@H](NC(=O)[C@H](Cc1ccc(F)cc1)NC(=O)OCc1ccccc1)C(=O)N1C[C@]2(C[C@H]1C#N)C(=O)Nc1ccccc12. The number of likely N-dealkylation sites (tertiary alicyclic amines) is 1. The maximum atomic E-state index is 14.3. The number of para-hydroxylation sites is 1. The second kappa shape index (κ2) is 13.6. The van der Waals surface area contributed by atoms with Crippen molar-refractivity contribution in [3.8, 4) is 6.07 Å². The molecular formula is C36H38FN5O5. The van der Waals surface area contributed by atoms with E-state index >= 15 is 0 Å². The summed E-state index contributed by atoms with van der Waals surface area (Å²) in [4.78, 5) is 55.7. The number of nitrogens with zero attached hydrogens (tertiary/aromatic N) is 2. The molecule has 2 aliphatic heterocycles. The van der Waals surface area contributed by atoms with Crippen LogP contribution in [0.4, 0.5) is 14.9 Å². The van der Waals surface area contributed by atoms with E-state index in [1.807, 2.05) is 51.1 Å². The Morgan fingerprint density at radius 2 is 1.68 bits per heavy atom. The molecule has 0 bridgehead atoms. The number of carbonyl (C=O) groups excluding carboxylic acids is 4. The van der Waals surface area contributed by atoms with E-state index in [4.69, 9.17) is 4.74 Å². The lowest BCUT2D eigenvalue weighted by molar-refractivity contribution is -0.138. The highest BCUT2D eigenvalue weighted by atomic mass is 19.1. The number of carbonyl (C=O) groups is 4. The number of anilines is 1. The summed E-state index contributed by atoms with van der Waals surface area (Å²) >= 11 is 0. The lowest BCUT2D eigenvalue weighted by atomic mass is 9.80. The van der Waals surface area contributed by atoms with Gasteiger partial charge in [0, 0.05) is 25.1 Å². The third-order valence-electron chi connectivity index (χ3n) is 8.52. The number of nitriles is 1. The monoisotopic (exact) mass is 639 g/mol. The van der Waals surface area contributed by atoms with Crippen LogP contribution in [0.15, 0.2) is 78.9 Å². The van der Waals surface area contributed by atoms with E-state index in [0.29, 0.717) is 11.3 Å². The molecule has 3 N–H and O–H groups in total. The fourth-order valence-corrected chi connectivity index (χ4v) is 6.24. The predicted octanol–water partition coefficient (Wildman–Crippen LogP) is 4.60. The summed E-state index contributed by atoms with van der Waals surface area (Å²) in [6.07, 6.45) is -0.514. The predicted molar refractivity (Wildman–Crippen MR) is 172 cm³/mol. The highest BCUT2D eigenvalue weighted by Crippen LogP contribution is 2.46. The molecule has 1 saturated heterocycles. The first-order chi connectivity index (χ1) is 22.4. The minimum Gasteiger partial charge on any atom is -0.445 e. The molecular weight excluding hydrogens is 601 g/mol. The Morgan fingerprint density at radius 1 is 1.00 bits per heavy atom. The first kappa shape index (κ1) is 33.1. The number of benzene rings is 3. The number of ether oxygens (including phenoxy) is 1. The minimum atomic E-state index is -1.18. The van der Waals surface area contributed by atoms with Gasteiger partial charge in [0.2, 0.25) is 17.7 Å². The van der Waals surface area contributed by atoms with Gasteiger partial charge in [-0.2, -0.15) is 5.26 Å². The second-order valence-electron chi connectivity index (χ2n) is 13.3. The van der Waals surface area contributed by atoms with Gasteiger partial charge in [0.1, 0.15) is 30.5 Å². The molecule has 3 aromatic rings. The van der Waals surface area contributed by atoms with Crippen LogP contribution in [0.1, 0.15) is 50.3 Å². The molecule has 47 heavy (non-hydrogen) atoms. The second-order valence-corrected chi connectivity index (χ2v) is 13.3. The average Bonchev–Trinajstić information content (AvgIpc) is 3.57. The Hall–Kier alpha value is -5.24. The highest BCUT2D eigenvalue weighted by molar-refractivity contribution is 6.07. The third-order valence-corrected chi connectivity index (χ3v) is 8.52. The summed E-state index contributed by atoms with van der Waals surface area (Å²) in [5.41, 5.74) is 1.20. The van der Waals surface area contributed by atoms with Crippen LogP contribution in [0, 0.1) is 22.6 Å². The van der Waals surface area contributed by atoms with E-state index in [-0.39, 0.29) is 38.3 Å². The molecule has 0 aliphatic carbocycles. The van der Waals surface area contributed by atoms with Crippen molar-refractivity contribution in [1.29, 1.82) is 5.26 Å². The zero-order valence-corrected chi connectivity index (χ0v) is 26.6. The van der Waals surface area contributed by atoms with Gasteiger partial charge in [0.05, 0.1) is 11.5 Å². The van der Waals surface area contributed by atoms with Gasteiger partial charge in [-0.3, -0.25) is 14.4 Å². The van der Waals surface area contributed by atoms with Crippen molar-refractivity contribution in [3.05, 3.63) is 101 Å². The van der Waals surface area contributed by atoms with Gasteiger partial charge in [-0.05, 0) is 46.7 Å². The number of fused-ring (bicyclic) bond motifs is 2. The molecule has 4 amide bonds. The number of alkyl carbamates (subject to hydrolysis) is 1. The summed E-state index contributed by atoms with van der Waals surface area (Å²) in [7, 11) is 0. The molecule has 4 atom stereocenters. The number of rotatable bonds is 9. The molecule has 2 aliphatic rings. The Bertz CT molecular complexity index is 1680. The van der Waals surface area contributed by atoms with Gasteiger partial charge in [-0.1, -0.05) is 81.4 Å². The van der Waals surface area contributed by atoms with E-state index in [1.54, 1.807) is 24.3 Å². The van der Waals surface area contributed by atoms with E-state index in [2.05, 4.69) is 22.0 Å². The molecule has 2 heterocycles. The Morgan fingerprint density at radius 3 is 2.36 bits per heavy atom. The molecule has 0 aromatic heterocycles. The van der Waals surface area contributed by atoms with Crippen molar-refractivity contribution >= 4 is 29.5 Å². The highest BCUT2D eigenvalue weighted by Gasteiger charge is 2.56. The first-order valence-electron chi connectivity index (χ1n) is 15.5. The first-order valence-corrected chi connectivity index (χ1v) is 15.5. The fourth-order valence-electron chi connectivity index (χ4n) is 6.24. The van der Waals surface area contributed by atoms with Crippen LogP contribution in [0.25, 0.3) is 0 Å². The van der Waals surface area contributed by atoms with Crippen molar-refractivity contribution in [2.45, 2.75) is 70.2 Å². The van der Waals surface area contributed by atoms with Crippen LogP contribution in [0.2, 0.25) is 0 Å². The average molecular weight is 640 g/mol. The quantitative estimate of drug-likeness (QED) is 0.313. The van der Waals surface area contributed by atoms with Gasteiger partial charge < -0.3 is 25.6 Å². The minimum absolute atomic E-state index is 0.00637. The largest absolute Gasteiger partial charge is 0.445 e. The summed E-state index contributed by atoms with van der Waals surface area (Å²) in [6.45, 7) is 5.71. The van der Waals surface area contributed by atoms with Gasteiger partial charge in [0.25, 0.3) is 0 Å². The number of hydrogen-bond acceptors (Lipinski definition) is 6. The lowest BCUT2D eigenvalue weighted by Crippen LogP contribution is -2.56. The van der Waals surface area contributed by atoms with Crippen LogP contribution in [-0.2, 0) is 37.6 Å². The van der Waals surface area contributed by atoms with Crippen molar-refractivity contribution in [2.75, 3.05) is 11.9 Å². The molecule has 0 radical (unpaired) electrons. The molecule has 11 heteroatoms. The third kappa shape index (κ3) is 7.60. The van der Waals surface area contributed by atoms with E-state index in [1.165, 1.54) is 29.2 Å². The Kier molecular flexibility index (Phi) is 9.61. The zero-order chi connectivity index (χ0) is 33.8. The van der Waals surface area contributed by atoms with Crippen LogP contribution in [0.3, 0.4) is 0 Å². The smallest absolute Gasteiger partial charge is 0.408 e. The maximum absolute atomic E-state index is 14.3. The van der Waals surface area contributed by atoms with Crippen LogP contribution < -0.4 is 16.0 Å². The van der Waals surface area contributed by atoms with Crippen molar-refractivity contribution in [1.82, 2.24) is 15.5 Å². The van der Waals surface area contributed by atoms with Gasteiger partial charge in [0.15, 0.2) is 0 Å².